The molecule has 0 spiro atoms. The minimum atomic E-state index is -0.252. The van der Waals surface area contributed by atoms with Crippen molar-refractivity contribution in [2.45, 2.75) is 19.3 Å². The molecule has 1 aliphatic rings. The van der Waals surface area contributed by atoms with E-state index in [1.807, 2.05) is 0 Å². The summed E-state index contributed by atoms with van der Waals surface area (Å²) in [4.78, 5) is 19.5. The Morgan fingerprint density at radius 2 is 2.17 bits per heavy atom. The molecule has 2 aromatic heterocycles. The van der Waals surface area contributed by atoms with Gasteiger partial charge in [-0.25, -0.2) is 4.98 Å². The van der Waals surface area contributed by atoms with E-state index in [1.54, 1.807) is 28.8 Å². The number of halogens is 2. The molecule has 7 heteroatoms. The molecule has 2 heterocycles. The van der Waals surface area contributed by atoms with Gasteiger partial charge in [0.25, 0.3) is 5.56 Å². The van der Waals surface area contributed by atoms with Crippen molar-refractivity contribution in [3.63, 3.8) is 0 Å². The number of aryl methyl sites for hydroxylation is 1. The topological polar surface area (TPSA) is 63.0 Å². The average Bonchev–Trinajstić information content (AvgIpc) is 2.82. The first-order valence-electron chi connectivity index (χ1n) is 7.27. The van der Waals surface area contributed by atoms with Crippen molar-refractivity contribution in [1.29, 1.82) is 0 Å². The second-order valence-electron chi connectivity index (χ2n) is 5.43. The first-order chi connectivity index (χ1) is 11.1. The van der Waals surface area contributed by atoms with Crippen molar-refractivity contribution in [3.8, 4) is 0 Å². The zero-order chi connectivity index (χ0) is 16.0. The van der Waals surface area contributed by atoms with Gasteiger partial charge in [0.1, 0.15) is 5.35 Å². The third-order valence-corrected chi connectivity index (χ3v) is 4.40. The number of aromatic amines is 1. The van der Waals surface area contributed by atoms with Gasteiger partial charge in [-0.3, -0.25) is 9.78 Å². The third kappa shape index (κ3) is 2.56. The van der Waals surface area contributed by atoms with Crippen LogP contribution in [0.5, 0.6) is 0 Å². The molecule has 0 aliphatic heterocycles. The van der Waals surface area contributed by atoms with Gasteiger partial charge in [0.05, 0.1) is 11.0 Å². The van der Waals surface area contributed by atoms with Crippen LogP contribution in [0.25, 0.3) is 17.9 Å². The summed E-state index contributed by atoms with van der Waals surface area (Å²) in [5, 5.41) is 6.84. The number of hydrogen-bond donors (Lipinski definition) is 1. The zero-order valence-electron chi connectivity index (χ0n) is 12.0. The number of imidazole rings is 1. The van der Waals surface area contributed by atoms with E-state index in [4.69, 9.17) is 23.2 Å². The minimum Gasteiger partial charge on any atom is -0.289 e. The van der Waals surface area contributed by atoms with E-state index in [0.29, 0.717) is 26.7 Å². The van der Waals surface area contributed by atoms with E-state index in [0.717, 1.165) is 30.3 Å². The fourth-order valence-corrected chi connectivity index (χ4v) is 3.16. The number of benzene rings is 1. The molecule has 1 aromatic carbocycles. The summed E-state index contributed by atoms with van der Waals surface area (Å²) < 4.78 is 1.55. The highest BCUT2D eigenvalue weighted by Crippen LogP contribution is 2.21. The summed E-state index contributed by atoms with van der Waals surface area (Å²) in [6.07, 6.45) is 6.64. The molecule has 4 rings (SSSR count). The maximum Gasteiger partial charge on any atom is 0.276 e. The smallest absolute Gasteiger partial charge is 0.276 e. The summed E-state index contributed by atoms with van der Waals surface area (Å²) in [6, 6.07) is 5.14. The lowest BCUT2D eigenvalue weighted by molar-refractivity contribution is 0.730. The number of aromatic nitrogens is 4. The molecular formula is C16H12Cl2N4O. The Morgan fingerprint density at radius 1 is 1.30 bits per heavy atom. The molecule has 116 valence electrons. The second kappa shape index (κ2) is 5.51. The highest BCUT2D eigenvalue weighted by Gasteiger charge is 2.10. The van der Waals surface area contributed by atoms with E-state index in [1.165, 1.54) is 0 Å². The Balaban J connectivity index is 2.02. The molecule has 0 saturated heterocycles. The minimum absolute atomic E-state index is 0.252. The molecular weight excluding hydrogens is 335 g/mol. The van der Waals surface area contributed by atoms with Gasteiger partial charge in [-0.1, -0.05) is 35.3 Å². The maximum absolute atomic E-state index is 12.3. The molecule has 1 aliphatic carbocycles. The zero-order valence-corrected chi connectivity index (χ0v) is 13.5. The van der Waals surface area contributed by atoms with Crippen LogP contribution in [-0.4, -0.2) is 19.6 Å². The summed E-state index contributed by atoms with van der Waals surface area (Å²) in [6.45, 7) is 0. The largest absolute Gasteiger partial charge is 0.289 e. The van der Waals surface area contributed by atoms with E-state index >= 15 is 0 Å². The fourth-order valence-electron chi connectivity index (χ4n) is 2.70. The van der Waals surface area contributed by atoms with Crippen molar-refractivity contribution in [1.82, 2.24) is 19.6 Å². The summed E-state index contributed by atoms with van der Waals surface area (Å²) in [5.74, 6) is 0.434. The average molecular weight is 347 g/mol. The molecule has 5 nitrogen and oxygen atoms in total. The molecule has 0 bridgehead atoms. The normalized spacial score (nSPS) is 14.8. The van der Waals surface area contributed by atoms with Gasteiger partial charge in [-0.2, -0.15) is 9.61 Å². The lowest BCUT2D eigenvalue weighted by Gasteiger charge is -2.06. The fraction of sp³-hybridized carbons (Fsp3) is 0.188. The van der Waals surface area contributed by atoms with Crippen LogP contribution in [0.1, 0.15) is 24.1 Å². The highest BCUT2D eigenvalue weighted by atomic mass is 35.5. The SMILES string of the molecule is O=c1[nH]c2nc3c(nn2/c1=C/c1ccc(Cl)cc1Cl)CCCC=3. The van der Waals surface area contributed by atoms with Crippen molar-refractivity contribution < 1.29 is 0 Å². The molecule has 23 heavy (non-hydrogen) atoms. The predicted molar refractivity (Wildman–Crippen MR) is 90.3 cm³/mol. The third-order valence-electron chi connectivity index (χ3n) is 3.84. The van der Waals surface area contributed by atoms with Crippen LogP contribution < -0.4 is 16.3 Å². The van der Waals surface area contributed by atoms with Gasteiger partial charge in [0, 0.05) is 10.0 Å². The molecule has 0 radical (unpaired) electrons. The van der Waals surface area contributed by atoms with Crippen molar-refractivity contribution in [3.05, 3.63) is 60.6 Å². The van der Waals surface area contributed by atoms with Crippen LogP contribution in [0.4, 0.5) is 0 Å². The van der Waals surface area contributed by atoms with Gasteiger partial charge < -0.3 is 0 Å². The number of nitrogens with zero attached hydrogens (tertiary/aromatic N) is 3. The highest BCUT2D eigenvalue weighted by molar-refractivity contribution is 6.35. The van der Waals surface area contributed by atoms with Gasteiger partial charge in [0.2, 0.25) is 5.78 Å². The van der Waals surface area contributed by atoms with Crippen LogP contribution in [0.15, 0.2) is 23.0 Å². The van der Waals surface area contributed by atoms with E-state index in [9.17, 15) is 4.79 Å². The number of rotatable bonds is 1. The van der Waals surface area contributed by atoms with Crippen LogP contribution in [0.2, 0.25) is 10.0 Å². The number of fused-ring (bicyclic) bond motifs is 2. The van der Waals surface area contributed by atoms with Crippen molar-refractivity contribution in [2.24, 2.45) is 0 Å². The lowest BCUT2D eigenvalue weighted by Crippen LogP contribution is -2.30. The monoisotopic (exact) mass is 346 g/mol. The maximum atomic E-state index is 12.3. The van der Waals surface area contributed by atoms with Gasteiger partial charge in [0.15, 0.2) is 0 Å². The van der Waals surface area contributed by atoms with E-state index in [2.05, 4.69) is 21.1 Å². The Labute approximate surface area is 140 Å². The molecule has 3 aromatic rings. The Morgan fingerprint density at radius 3 is 3.00 bits per heavy atom. The molecule has 0 amide bonds. The van der Waals surface area contributed by atoms with Crippen LogP contribution in [0, 0.1) is 0 Å². The second-order valence-corrected chi connectivity index (χ2v) is 6.27. The molecule has 0 atom stereocenters. The Bertz CT molecular complexity index is 1100. The Kier molecular flexibility index (Phi) is 3.47. The van der Waals surface area contributed by atoms with Crippen molar-refractivity contribution in [2.75, 3.05) is 0 Å². The molecule has 1 N–H and O–H groups in total. The molecule has 0 fully saturated rings. The quantitative estimate of drug-likeness (QED) is 0.728. The summed E-state index contributed by atoms with van der Waals surface area (Å²) in [7, 11) is 0. The summed E-state index contributed by atoms with van der Waals surface area (Å²) >= 11 is 12.1. The lowest BCUT2D eigenvalue weighted by atomic mass is 10.1. The summed E-state index contributed by atoms with van der Waals surface area (Å²) in [5.41, 5.74) is 1.36. The first-order valence-corrected chi connectivity index (χ1v) is 8.02. The van der Waals surface area contributed by atoms with E-state index < -0.39 is 0 Å². The van der Waals surface area contributed by atoms with Gasteiger partial charge in [-0.05, 0) is 43.0 Å². The standard InChI is InChI=1S/C16H12Cl2N4O/c17-10-6-5-9(11(18)8-10)7-14-15(23)20-16-19-12-3-1-2-4-13(12)21-22(14)16/h3,5-8H,1-2,4H2,(H,19,20,23)/b14-7+. The first kappa shape index (κ1) is 14.5. The van der Waals surface area contributed by atoms with Gasteiger partial charge >= 0.3 is 0 Å². The Hall–Kier alpha value is -2.11. The van der Waals surface area contributed by atoms with Gasteiger partial charge in [-0.15, -0.1) is 0 Å². The van der Waals surface area contributed by atoms with Crippen LogP contribution in [-0.2, 0) is 6.42 Å². The van der Waals surface area contributed by atoms with E-state index in [-0.39, 0.29) is 5.56 Å². The number of nitrogens with one attached hydrogen (secondary N) is 1. The number of hydrogen-bond acceptors (Lipinski definition) is 3. The van der Waals surface area contributed by atoms with Crippen molar-refractivity contribution >= 4 is 41.1 Å². The predicted octanol–water partition coefficient (Wildman–Crippen LogP) is 1.67. The van der Waals surface area contributed by atoms with Crippen LogP contribution in [0.3, 0.4) is 0 Å². The molecule has 0 unspecified atom stereocenters. The van der Waals surface area contributed by atoms with Crippen LogP contribution >= 0.6 is 23.2 Å². The number of H-pyrrole nitrogens is 1. The molecule has 0 saturated carbocycles.